The molecule has 1 fully saturated rings. The summed E-state index contributed by atoms with van der Waals surface area (Å²) in [5.74, 6) is 1.03. The van der Waals surface area contributed by atoms with Crippen LogP contribution in [0, 0.1) is 0 Å². The summed E-state index contributed by atoms with van der Waals surface area (Å²) in [6, 6.07) is 4.32. The van der Waals surface area contributed by atoms with Gasteiger partial charge in [-0.25, -0.2) is 0 Å². The second-order valence-corrected chi connectivity index (χ2v) is 7.18. The zero-order valence-electron chi connectivity index (χ0n) is 15.2. The molecule has 2 rings (SSSR count). The third-order valence-electron chi connectivity index (χ3n) is 4.22. The fraction of sp³-hybridized carbons (Fsp3) is 0.722. The number of likely N-dealkylation sites (N-methyl/N-ethyl adjacent to an activating group) is 1. The molecule has 1 aromatic heterocycles. The van der Waals surface area contributed by atoms with Gasteiger partial charge in [-0.3, -0.25) is 9.89 Å². The molecule has 1 aliphatic rings. The lowest BCUT2D eigenvalue weighted by Crippen LogP contribution is -2.40. The Morgan fingerprint density at radius 3 is 2.92 bits per heavy atom. The van der Waals surface area contributed by atoms with Crippen molar-refractivity contribution in [2.45, 2.75) is 26.2 Å². The first-order chi connectivity index (χ1) is 11.8. The topological polar surface area (TPSA) is 40.1 Å². The van der Waals surface area contributed by atoms with Crippen molar-refractivity contribution in [3.8, 4) is 0 Å². The fourth-order valence-electron chi connectivity index (χ4n) is 2.77. The Bertz CT molecular complexity index is 458. The van der Waals surface area contributed by atoms with Gasteiger partial charge >= 0.3 is 0 Å². The van der Waals surface area contributed by atoms with Crippen molar-refractivity contribution in [3.05, 3.63) is 22.4 Å². The van der Waals surface area contributed by atoms with Crippen molar-refractivity contribution in [2.24, 2.45) is 4.99 Å². The van der Waals surface area contributed by atoms with Gasteiger partial charge in [-0.1, -0.05) is 6.07 Å². The molecule has 0 amide bonds. The standard InChI is InChI=1S/C18H32N4OS/c1-3-19-18(21(2)11-8-17-7-6-16-24-17)20-9-4-5-10-22-12-14-23-15-13-22/h6-7,16H,3-5,8-15H2,1-2H3,(H,19,20). The molecule has 0 bridgehead atoms. The highest BCUT2D eigenvalue weighted by Crippen LogP contribution is 2.09. The molecule has 0 spiro atoms. The average molecular weight is 353 g/mol. The zero-order valence-corrected chi connectivity index (χ0v) is 16.0. The number of morpholine rings is 1. The van der Waals surface area contributed by atoms with Crippen LogP contribution in [-0.4, -0.2) is 75.3 Å². The maximum atomic E-state index is 5.39. The molecule has 1 aliphatic heterocycles. The van der Waals surface area contributed by atoms with Crippen LogP contribution in [0.3, 0.4) is 0 Å². The maximum Gasteiger partial charge on any atom is 0.193 e. The van der Waals surface area contributed by atoms with Crippen LogP contribution in [0.1, 0.15) is 24.6 Å². The van der Waals surface area contributed by atoms with Gasteiger partial charge < -0.3 is 15.0 Å². The van der Waals surface area contributed by atoms with E-state index in [4.69, 9.17) is 9.73 Å². The first-order valence-corrected chi connectivity index (χ1v) is 9.99. The molecule has 1 aromatic rings. The second kappa shape index (κ2) is 11.4. The normalized spacial score (nSPS) is 16.3. The molecular formula is C18H32N4OS. The molecule has 1 saturated heterocycles. The molecule has 0 radical (unpaired) electrons. The number of nitrogens with one attached hydrogen (secondary N) is 1. The Balaban J connectivity index is 1.66. The summed E-state index contributed by atoms with van der Waals surface area (Å²) in [5.41, 5.74) is 0. The fourth-order valence-corrected chi connectivity index (χ4v) is 3.46. The largest absolute Gasteiger partial charge is 0.379 e. The lowest BCUT2D eigenvalue weighted by Gasteiger charge is -2.26. The first-order valence-electron chi connectivity index (χ1n) is 9.11. The summed E-state index contributed by atoms with van der Waals surface area (Å²) < 4.78 is 5.39. The van der Waals surface area contributed by atoms with Crippen LogP contribution < -0.4 is 5.32 Å². The van der Waals surface area contributed by atoms with Crippen LogP contribution >= 0.6 is 11.3 Å². The van der Waals surface area contributed by atoms with E-state index in [1.54, 1.807) is 0 Å². The van der Waals surface area contributed by atoms with Crippen LogP contribution in [0.4, 0.5) is 0 Å². The van der Waals surface area contributed by atoms with E-state index in [0.717, 1.165) is 64.7 Å². The molecule has 0 atom stereocenters. The predicted molar refractivity (Wildman–Crippen MR) is 103 cm³/mol. The monoisotopic (exact) mass is 352 g/mol. The highest BCUT2D eigenvalue weighted by molar-refractivity contribution is 7.09. The van der Waals surface area contributed by atoms with Crippen molar-refractivity contribution >= 4 is 17.3 Å². The number of aliphatic imine (C=N–C) groups is 1. The Morgan fingerprint density at radius 1 is 1.38 bits per heavy atom. The van der Waals surface area contributed by atoms with E-state index in [1.807, 2.05) is 11.3 Å². The van der Waals surface area contributed by atoms with Crippen LogP contribution in [-0.2, 0) is 11.2 Å². The lowest BCUT2D eigenvalue weighted by molar-refractivity contribution is 0.0373. The number of hydrogen-bond donors (Lipinski definition) is 1. The van der Waals surface area contributed by atoms with Gasteiger partial charge in [-0.05, 0) is 44.2 Å². The van der Waals surface area contributed by atoms with Crippen molar-refractivity contribution in [3.63, 3.8) is 0 Å². The third kappa shape index (κ3) is 7.20. The number of ether oxygens (including phenoxy) is 1. The maximum absolute atomic E-state index is 5.39. The predicted octanol–water partition coefficient (Wildman–Crippen LogP) is 2.30. The summed E-state index contributed by atoms with van der Waals surface area (Å²) in [4.78, 5) is 11.0. The Morgan fingerprint density at radius 2 is 2.21 bits per heavy atom. The molecule has 5 nitrogen and oxygen atoms in total. The SMILES string of the molecule is CCNC(=NCCCCN1CCOCC1)N(C)CCc1cccs1. The smallest absolute Gasteiger partial charge is 0.193 e. The number of thiophene rings is 1. The minimum Gasteiger partial charge on any atom is -0.379 e. The Hall–Kier alpha value is -1.11. The quantitative estimate of drug-likeness (QED) is 0.421. The summed E-state index contributed by atoms with van der Waals surface area (Å²) >= 11 is 1.83. The van der Waals surface area contributed by atoms with Gasteiger partial charge in [-0.15, -0.1) is 11.3 Å². The van der Waals surface area contributed by atoms with Gasteiger partial charge in [0.1, 0.15) is 0 Å². The number of unbranched alkanes of at least 4 members (excludes halogenated alkanes) is 1. The Labute approximate surface area is 150 Å². The van der Waals surface area contributed by atoms with E-state index >= 15 is 0 Å². The van der Waals surface area contributed by atoms with Crippen molar-refractivity contribution in [2.75, 3.05) is 59.5 Å². The first kappa shape index (κ1) is 19.2. The minimum absolute atomic E-state index is 0.887. The van der Waals surface area contributed by atoms with Crippen LogP contribution in [0.25, 0.3) is 0 Å². The summed E-state index contributed by atoms with van der Waals surface area (Å²) in [6.45, 7) is 10.0. The summed E-state index contributed by atoms with van der Waals surface area (Å²) in [5, 5.41) is 5.55. The highest BCUT2D eigenvalue weighted by atomic mass is 32.1. The van der Waals surface area contributed by atoms with E-state index in [2.05, 4.69) is 46.6 Å². The van der Waals surface area contributed by atoms with Crippen LogP contribution in [0.5, 0.6) is 0 Å². The van der Waals surface area contributed by atoms with Crippen LogP contribution in [0.2, 0.25) is 0 Å². The molecule has 1 N–H and O–H groups in total. The average Bonchev–Trinajstić information content (AvgIpc) is 3.13. The lowest BCUT2D eigenvalue weighted by atomic mass is 10.3. The molecular weight excluding hydrogens is 320 g/mol. The molecule has 0 unspecified atom stereocenters. The minimum atomic E-state index is 0.887. The van der Waals surface area contributed by atoms with E-state index in [-0.39, 0.29) is 0 Å². The van der Waals surface area contributed by atoms with Crippen molar-refractivity contribution in [1.29, 1.82) is 0 Å². The van der Waals surface area contributed by atoms with E-state index in [9.17, 15) is 0 Å². The molecule has 0 aromatic carbocycles. The molecule has 0 aliphatic carbocycles. The van der Waals surface area contributed by atoms with Gasteiger partial charge in [0, 0.05) is 44.6 Å². The second-order valence-electron chi connectivity index (χ2n) is 6.15. The van der Waals surface area contributed by atoms with Crippen LogP contribution in [0.15, 0.2) is 22.5 Å². The van der Waals surface area contributed by atoms with E-state index in [1.165, 1.54) is 17.8 Å². The van der Waals surface area contributed by atoms with E-state index < -0.39 is 0 Å². The number of hydrogen-bond acceptors (Lipinski definition) is 4. The number of guanidine groups is 1. The number of nitrogens with zero attached hydrogens (tertiary/aromatic N) is 3. The highest BCUT2D eigenvalue weighted by Gasteiger charge is 2.09. The van der Waals surface area contributed by atoms with Gasteiger partial charge in [0.2, 0.25) is 0 Å². The van der Waals surface area contributed by atoms with Gasteiger partial charge in [-0.2, -0.15) is 0 Å². The summed E-state index contributed by atoms with van der Waals surface area (Å²) in [6.07, 6.45) is 3.43. The third-order valence-corrected chi connectivity index (χ3v) is 5.15. The van der Waals surface area contributed by atoms with Crippen molar-refractivity contribution < 1.29 is 4.74 Å². The van der Waals surface area contributed by atoms with Gasteiger partial charge in [0.15, 0.2) is 5.96 Å². The Kier molecular flexibility index (Phi) is 9.16. The molecule has 0 saturated carbocycles. The van der Waals surface area contributed by atoms with Gasteiger partial charge in [0.25, 0.3) is 0 Å². The zero-order chi connectivity index (χ0) is 17.0. The molecule has 136 valence electrons. The summed E-state index contributed by atoms with van der Waals surface area (Å²) in [7, 11) is 2.13. The van der Waals surface area contributed by atoms with Crippen molar-refractivity contribution in [1.82, 2.24) is 15.1 Å². The van der Waals surface area contributed by atoms with Gasteiger partial charge in [0.05, 0.1) is 13.2 Å². The number of rotatable bonds is 9. The van der Waals surface area contributed by atoms with E-state index in [0.29, 0.717) is 0 Å². The molecule has 24 heavy (non-hydrogen) atoms. The molecule has 2 heterocycles. The molecule has 6 heteroatoms.